The Morgan fingerprint density at radius 1 is 1.22 bits per heavy atom. The summed E-state index contributed by atoms with van der Waals surface area (Å²) in [6.45, 7) is 1.79. The van der Waals surface area contributed by atoms with E-state index in [4.69, 9.17) is 25.8 Å². The minimum Gasteiger partial charge on any atom is -0.454 e. The number of fused-ring (bicyclic) bond motifs is 1. The van der Waals surface area contributed by atoms with Gasteiger partial charge in [0.1, 0.15) is 0 Å². The summed E-state index contributed by atoms with van der Waals surface area (Å²) in [5.41, 5.74) is 2.48. The smallest absolute Gasteiger partial charge is 0.331 e. The second-order valence-corrected chi connectivity index (χ2v) is 6.18. The lowest BCUT2D eigenvalue weighted by atomic mass is 10.1. The number of esters is 1. The fraction of sp³-hybridized carbons (Fsp3) is 0.200. The van der Waals surface area contributed by atoms with E-state index in [2.05, 4.69) is 12.2 Å². The fourth-order valence-corrected chi connectivity index (χ4v) is 2.73. The molecule has 1 aliphatic heterocycles. The molecule has 7 heteroatoms. The zero-order chi connectivity index (χ0) is 19.2. The van der Waals surface area contributed by atoms with Crippen molar-refractivity contribution >= 4 is 35.2 Å². The van der Waals surface area contributed by atoms with Gasteiger partial charge in [0.2, 0.25) is 6.79 Å². The van der Waals surface area contributed by atoms with Crippen LogP contribution in [-0.4, -0.2) is 25.3 Å². The molecule has 0 unspecified atom stereocenters. The molecular formula is C20H18ClNO5. The van der Waals surface area contributed by atoms with Crippen LogP contribution >= 0.6 is 11.6 Å². The predicted octanol–water partition coefficient (Wildman–Crippen LogP) is 3.83. The van der Waals surface area contributed by atoms with Crippen LogP contribution in [0.2, 0.25) is 5.02 Å². The molecule has 1 heterocycles. The molecule has 0 aromatic heterocycles. The van der Waals surface area contributed by atoms with E-state index in [0.717, 1.165) is 6.42 Å². The van der Waals surface area contributed by atoms with Crippen molar-refractivity contribution in [3.05, 3.63) is 58.6 Å². The number of ether oxygens (including phenoxy) is 3. The van der Waals surface area contributed by atoms with Crippen molar-refractivity contribution in [2.45, 2.75) is 13.3 Å². The minimum absolute atomic E-state index is 0.112. The quantitative estimate of drug-likeness (QED) is 0.602. The summed E-state index contributed by atoms with van der Waals surface area (Å²) in [6.07, 6.45) is 3.67. The summed E-state index contributed by atoms with van der Waals surface area (Å²) >= 11 is 6.08. The van der Waals surface area contributed by atoms with Gasteiger partial charge in [0.15, 0.2) is 18.1 Å². The Morgan fingerprint density at radius 2 is 2.00 bits per heavy atom. The first kappa shape index (κ1) is 18.8. The Bertz CT molecular complexity index is 877. The average Bonchev–Trinajstić information content (AvgIpc) is 3.14. The van der Waals surface area contributed by atoms with Crippen LogP contribution in [0.4, 0.5) is 5.69 Å². The van der Waals surface area contributed by atoms with Crippen molar-refractivity contribution in [1.29, 1.82) is 0 Å². The van der Waals surface area contributed by atoms with Crippen LogP contribution in [0, 0.1) is 0 Å². The van der Waals surface area contributed by atoms with Gasteiger partial charge in [0.05, 0.1) is 5.02 Å². The number of anilines is 1. The number of benzene rings is 2. The van der Waals surface area contributed by atoms with Crippen LogP contribution < -0.4 is 14.8 Å². The van der Waals surface area contributed by atoms with Gasteiger partial charge in [-0.1, -0.05) is 30.7 Å². The molecule has 6 nitrogen and oxygen atoms in total. The molecule has 140 valence electrons. The summed E-state index contributed by atoms with van der Waals surface area (Å²) in [5.74, 6) is -0.0450. The predicted molar refractivity (Wildman–Crippen MR) is 102 cm³/mol. The Hall–Kier alpha value is -2.99. The van der Waals surface area contributed by atoms with Crippen LogP contribution in [0.5, 0.6) is 11.5 Å². The monoisotopic (exact) mass is 387 g/mol. The van der Waals surface area contributed by atoms with Gasteiger partial charge < -0.3 is 19.5 Å². The molecule has 0 bridgehead atoms. The van der Waals surface area contributed by atoms with E-state index in [9.17, 15) is 9.59 Å². The highest BCUT2D eigenvalue weighted by Crippen LogP contribution is 2.40. The lowest BCUT2D eigenvalue weighted by molar-refractivity contribution is -0.142. The van der Waals surface area contributed by atoms with Crippen LogP contribution in [0.25, 0.3) is 6.08 Å². The topological polar surface area (TPSA) is 73.9 Å². The molecule has 2 aromatic rings. The van der Waals surface area contributed by atoms with Crippen molar-refractivity contribution in [2.75, 3.05) is 18.7 Å². The van der Waals surface area contributed by atoms with Crippen LogP contribution in [-0.2, 0) is 20.7 Å². The van der Waals surface area contributed by atoms with Gasteiger partial charge in [-0.3, -0.25) is 4.79 Å². The Morgan fingerprint density at radius 3 is 2.74 bits per heavy atom. The summed E-state index contributed by atoms with van der Waals surface area (Å²) in [5, 5.41) is 3.06. The van der Waals surface area contributed by atoms with E-state index in [0.29, 0.717) is 27.8 Å². The van der Waals surface area contributed by atoms with Crippen LogP contribution in [0.3, 0.4) is 0 Å². The Kier molecular flexibility index (Phi) is 5.98. The summed E-state index contributed by atoms with van der Waals surface area (Å²) in [6, 6.07) is 10.8. The maximum absolute atomic E-state index is 11.9. The number of halogens is 1. The molecule has 0 fully saturated rings. The molecule has 0 spiro atoms. The first-order chi connectivity index (χ1) is 13.0. The lowest BCUT2D eigenvalue weighted by Crippen LogP contribution is -2.20. The Labute approximate surface area is 161 Å². The Balaban J connectivity index is 1.49. The molecule has 27 heavy (non-hydrogen) atoms. The number of hydrogen-bond acceptors (Lipinski definition) is 5. The van der Waals surface area contributed by atoms with Gasteiger partial charge in [0, 0.05) is 11.8 Å². The molecule has 2 aromatic carbocycles. The number of nitrogens with one attached hydrogen (secondary N) is 1. The lowest BCUT2D eigenvalue weighted by Gasteiger charge is -2.06. The number of carbonyl (C=O) groups is 2. The van der Waals surface area contributed by atoms with Gasteiger partial charge in [0.25, 0.3) is 5.91 Å². The first-order valence-corrected chi connectivity index (χ1v) is 8.75. The second kappa shape index (κ2) is 8.60. The molecule has 0 saturated heterocycles. The SMILES string of the molecule is CCc1ccc(NC(=O)COC(=O)/C=C/c2cc(Cl)c3c(c2)OCO3)cc1. The molecule has 0 atom stereocenters. The molecule has 0 radical (unpaired) electrons. The number of aryl methyl sites for hydroxylation is 1. The van der Waals surface area contributed by atoms with Crippen LogP contribution in [0.15, 0.2) is 42.5 Å². The highest BCUT2D eigenvalue weighted by molar-refractivity contribution is 6.32. The number of amides is 1. The molecule has 1 N–H and O–H groups in total. The van der Waals surface area contributed by atoms with Gasteiger partial charge in [-0.25, -0.2) is 4.79 Å². The van der Waals surface area contributed by atoms with E-state index in [-0.39, 0.29) is 13.4 Å². The highest BCUT2D eigenvalue weighted by atomic mass is 35.5. The zero-order valence-electron chi connectivity index (χ0n) is 14.7. The van der Waals surface area contributed by atoms with E-state index in [1.54, 1.807) is 12.1 Å². The average molecular weight is 388 g/mol. The molecule has 3 rings (SSSR count). The van der Waals surface area contributed by atoms with Crippen molar-refractivity contribution in [3.63, 3.8) is 0 Å². The second-order valence-electron chi connectivity index (χ2n) is 5.78. The molecule has 0 saturated carbocycles. The fourth-order valence-electron chi connectivity index (χ4n) is 2.45. The normalized spacial score (nSPS) is 12.2. The van der Waals surface area contributed by atoms with Gasteiger partial charge >= 0.3 is 5.97 Å². The summed E-state index contributed by atoms with van der Waals surface area (Å²) < 4.78 is 15.4. The molecule has 1 amide bonds. The number of hydrogen-bond donors (Lipinski definition) is 1. The molecule has 1 aliphatic rings. The van der Waals surface area contributed by atoms with Crippen molar-refractivity contribution in [2.24, 2.45) is 0 Å². The summed E-state index contributed by atoms with van der Waals surface area (Å²) in [7, 11) is 0. The van der Waals surface area contributed by atoms with Gasteiger partial charge in [-0.05, 0) is 47.9 Å². The largest absolute Gasteiger partial charge is 0.454 e. The van der Waals surface area contributed by atoms with Gasteiger partial charge in [-0.15, -0.1) is 0 Å². The highest BCUT2D eigenvalue weighted by Gasteiger charge is 2.17. The number of rotatable bonds is 6. The van der Waals surface area contributed by atoms with Crippen LogP contribution in [0.1, 0.15) is 18.1 Å². The molecular weight excluding hydrogens is 370 g/mol. The van der Waals surface area contributed by atoms with Crippen molar-refractivity contribution in [1.82, 2.24) is 0 Å². The van der Waals surface area contributed by atoms with E-state index in [1.807, 2.05) is 24.3 Å². The van der Waals surface area contributed by atoms with Crippen molar-refractivity contribution in [3.8, 4) is 11.5 Å². The third kappa shape index (κ3) is 5.01. The maximum Gasteiger partial charge on any atom is 0.331 e. The standard InChI is InChI=1S/C20H18ClNO5/c1-2-13-3-6-15(7-4-13)22-18(23)11-25-19(24)8-5-14-9-16(21)20-17(10-14)26-12-27-20/h3-10H,2,11-12H2,1H3,(H,22,23)/b8-5+. The van der Waals surface area contributed by atoms with E-state index >= 15 is 0 Å². The molecule has 0 aliphatic carbocycles. The first-order valence-electron chi connectivity index (χ1n) is 8.38. The number of carbonyl (C=O) groups excluding carboxylic acids is 2. The zero-order valence-corrected chi connectivity index (χ0v) is 15.4. The van der Waals surface area contributed by atoms with Gasteiger partial charge in [-0.2, -0.15) is 0 Å². The summed E-state index contributed by atoms with van der Waals surface area (Å²) in [4.78, 5) is 23.7. The maximum atomic E-state index is 11.9. The third-order valence-electron chi connectivity index (χ3n) is 3.85. The third-order valence-corrected chi connectivity index (χ3v) is 4.13. The minimum atomic E-state index is -0.639. The van der Waals surface area contributed by atoms with E-state index < -0.39 is 11.9 Å². The van der Waals surface area contributed by atoms with E-state index in [1.165, 1.54) is 17.7 Å². The van der Waals surface area contributed by atoms with Crippen molar-refractivity contribution < 1.29 is 23.8 Å².